The van der Waals surface area contributed by atoms with Crippen molar-refractivity contribution in [2.24, 2.45) is 0 Å². The van der Waals surface area contributed by atoms with E-state index in [0.29, 0.717) is 24.5 Å². The van der Waals surface area contributed by atoms with Crippen molar-refractivity contribution in [2.45, 2.75) is 39.0 Å². The number of aryl methyl sites for hydroxylation is 1. The third-order valence-corrected chi connectivity index (χ3v) is 2.85. The number of rotatable bonds is 9. The van der Waals surface area contributed by atoms with Gasteiger partial charge in [0.2, 0.25) is 0 Å². The van der Waals surface area contributed by atoms with Gasteiger partial charge < -0.3 is 19.4 Å². The average Bonchev–Trinajstić information content (AvgIpc) is 2.42. The number of carbonyl (C=O) groups is 1. The van der Waals surface area contributed by atoms with Gasteiger partial charge in [-0.05, 0) is 37.0 Å². The Balaban J connectivity index is 2.59. The number of unbranched alkanes of at least 4 members (excludes halogenated alkanes) is 2. The second-order valence-corrected chi connectivity index (χ2v) is 4.41. The van der Waals surface area contributed by atoms with E-state index in [4.69, 9.17) is 9.47 Å². The predicted molar refractivity (Wildman–Crippen MR) is 71.3 cm³/mol. The van der Waals surface area contributed by atoms with Gasteiger partial charge in [-0.1, -0.05) is 25.8 Å². The van der Waals surface area contributed by atoms with Crippen LogP contribution in [0.1, 0.15) is 38.2 Å². The number of carbonyl (C=O) groups excluding carboxylic acids is 1. The fraction of sp³-hybridized carbons (Fsp3) is 0.533. The lowest BCUT2D eigenvalue weighted by Crippen LogP contribution is -2.22. The first-order valence-corrected chi connectivity index (χ1v) is 6.67. The molecule has 0 spiro atoms. The summed E-state index contributed by atoms with van der Waals surface area (Å²) in [7, 11) is 1.58. The number of hydrogen-bond acceptors (Lipinski definition) is 4. The largest absolute Gasteiger partial charge is 0.550 e. The first kappa shape index (κ1) is 15.3. The Labute approximate surface area is 114 Å². The highest BCUT2D eigenvalue weighted by molar-refractivity contribution is 5.64. The molecule has 0 bridgehead atoms. The van der Waals surface area contributed by atoms with Gasteiger partial charge in [-0.2, -0.15) is 0 Å². The molecule has 0 aliphatic carbocycles. The monoisotopic (exact) mass is 265 g/mol. The summed E-state index contributed by atoms with van der Waals surface area (Å²) in [6.07, 6.45) is 3.77. The van der Waals surface area contributed by atoms with E-state index in [2.05, 4.69) is 6.92 Å². The topological polar surface area (TPSA) is 58.6 Å². The maximum absolute atomic E-state index is 10.4. The summed E-state index contributed by atoms with van der Waals surface area (Å²) >= 11 is 0. The Hall–Kier alpha value is -1.71. The third kappa shape index (κ3) is 5.64. The number of hydrogen-bond donors (Lipinski definition) is 0. The van der Waals surface area contributed by atoms with Crippen molar-refractivity contribution in [1.29, 1.82) is 0 Å². The fourth-order valence-corrected chi connectivity index (χ4v) is 1.77. The van der Waals surface area contributed by atoms with Crippen molar-refractivity contribution < 1.29 is 19.4 Å². The molecule has 0 N–H and O–H groups in total. The fourth-order valence-electron chi connectivity index (χ4n) is 1.77. The van der Waals surface area contributed by atoms with E-state index in [-0.39, 0.29) is 6.42 Å². The van der Waals surface area contributed by atoms with Crippen LogP contribution in [0.4, 0.5) is 0 Å². The molecule has 0 saturated heterocycles. The van der Waals surface area contributed by atoms with Crippen LogP contribution in [0.15, 0.2) is 18.2 Å². The summed E-state index contributed by atoms with van der Waals surface area (Å²) in [5, 5.41) is 10.4. The van der Waals surface area contributed by atoms with Gasteiger partial charge in [-0.3, -0.25) is 0 Å². The molecule has 0 aromatic heterocycles. The van der Waals surface area contributed by atoms with Gasteiger partial charge in [0.05, 0.1) is 13.7 Å². The van der Waals surface area contributed by atoms with Gasteiger partial charge in [0.25, 0.3) is 0 Å². The second-order valence-electron chi connectivity index (χ2n) is 4.41. The van der Waals surface area contributed by atoms with Crippen molar-refractivity contribution in [2.75, 3.05) is 13.7 Å². The molecular weight excluding hydrogens is 244 g/mol. The minimum absolute atomic E-state index is 0.0137. The van der Waals surface area contributed by atoms with Crippen LogP contribution in [0.25, 0.3) is 0 Å². The molecular formula is C15H21O4-. The lowest BCUT2D eigenvalue weighted by Gasteiger charge is -2.12. The molecule has 0 fully saturated rings. The molecule has 4 nitrogen and oxygen atoms in total. The number of methoxy groups -OCH3 is 1. The van der Waals surface area contributed by atoms with Gasteiger partial charge in [0.15, 0.2) is 11.5 Å². The van der Waals surface area contributed by atoms with Crippen LogP contribution < -0.4 is 14.6 Å². The smallest absolute Gasteiger partial charge is 0.161 e. The zero-order valence-corrected chi connectivity index (χ0v) is 11.6. The van der Waals surface area contributed by atoms with Crippen LogP contribution >= 0.6 is 0 Å². The molecule has 0 aliphatic rings. The van der Waals surface area contributed by atoms with Gasteiger partial charge in [-0.15, -0.1) is 0 Å². The number of carboxylic acid groups (broad SMARTS) is 1. The first-order chi connectivity index (χ1) is 9.17. The van der Waals surface area contributed by atoms with Crippen LogP contribution in [0.2, 0.25) is 0 Å². The molecule has 106 valence electrons. The van der Waals surface area contributed by atoms with Crippen LogP contribution in [0, 0.1) is 0 Å². The standard InChI is InChI=1S/C15H22O4/c1-3-4-5-10-19-13-8-6-12(7-9-15(16)17)11-14(13)18-2/h6,8,11H,3-5,7,9-10H2,1-2H3,(H,16,17)/p-1. The van der Waals surface area contributed by atoms with Crippen LogP contribution in [0.3, 0.4) is 0 Å². The zero-order valence-electron chi connectivity index (χ0n) is 11.6. The van der Waals surface area contributed by atoms with Crippen molar-refractivity contribution in [3.63, 3.8) is 0 Å². The average molecular weight is 265 g/mol. The molecule has 0 radical (unpaired) electrons. The molecule has 1 rings (SSSR count). The Morgan fingerprint density at radius 3 is 2.68 bits per heavy atom. The maximum atomic E-state index is 10.4. The van der Waals surface area contributed by atoms with Crippen LogP contribution in [0.5, 0.6) is 11.5 Å². The maximum Gasteiger partial charge on any atom is 0.161 e. The highest BCUT2D eigenvalue weighted by Gasteiger charge is 2.05. The number of carboxylic acids is 1. The Morgan fingerprint density at radius 2 is 2.05 bits per heavy atom. The molecule has 0 unspecified atom stereocenters. The lowest BCUT2D eigenvalue weighted by molar-refractivity contribution is -0.305. The first-order valence-electron chi connectivity index (χ1n) is 6.67. The van der Waals surface area contributed by atoms with Gasteiger partial charge in [0.1, 0.15) is 0 Å². The van der Waals surface area contributed by atoms with Crippen LogP contribution in [-0.4, -0.2) is 19.7 Å². The Bertz CT molecular complexity index is 401. The Kier molecular flexibility index (Phi) is 6.79. The van der Waals surface area contributed by atoms with E-state index in [1.807, 2.05) is 18.2 Å². The summed E-state index contributed by atoms with van der Waals surface area (Å²) in [6, 6.07) is 5.51. The molecule has 0 atom stereocenters. The quantitative estimate of drug-likeness (QED) is 0.640. The molecule has 1 aromatic rings. The minimum atomic E-state index is -1.04. The van der Waals surface area contributed by atoms with Crippen molar-refractivity contribution in [3.05, 3.63) is 23.8 Å². The highest BCUT2D eigenvalue weighted by Crippen LogP contribution is 2.28. The molecule has 1 aromatic carbocycles. The summed E-state index contributed by atoms with van der Waals surface area (Å²) in [4.78, 5) is 10.4. The van der Waals surface area contributed by atoms with E-state index >= 15 is 0 Å². The van der Waals surface area contributed by atoms with Gasteiger partial charge in [-0.25, -0.2) is 0 Å². The summed E-state index contributed by atoms with van der Waals surface area (Å²) < 4.78 is 10.9. The number of benzene rings is 1. The minimum Gasteiger partial charge on any atom is -0.550 e. The molecule has 19 heavy (non-hydrogen) atoms. The number of aliphatic carboxylic acids is 1. The molecule has 4 heteroatoms. The zero-order chi connectivity index (χ0) is 14.1. The summed E-state index contributed by atoms with van der Waals surface area (Å²) in [6.45, 7) is 2.81. The van der Waals surface area contributed by atoms with Crippen molar-refractivity contribution >= 4 is 5.97 Å². The van der Waals surface area contributed by atoms with Crippen LogP contribution in [-0.2, 0) is 11.2 Å². The SMILES string of the molecule is CCCCCOc1ccc(CCC(=O)[O-])cc1OC. The van der Waals surface area contributed by atoms with E-state index in [0.717, 1.165) is 24.8 Å². The number of ether oxygens (including phenoxy) is 2. The predicted octanol–water partition coefficient (Wildman–Crippen LogP) is 1.95. The van der Waals surface area contributed by atoms with E-state index in [1.54, 1.807) is 7.11 Å². The summed E-state index contributed by atoms with van der Waals surface area (Å²) in [5.74, 6) is 0.307. The van der Waals surface area contributed by atoms with Crippen molar-refractivity contribution in [3.8, 4) is 11.5 Å². The Morgan fingerprint density at radius 1 is 1.26 bits per heavy atom. The summed E-state index contributed by atoms with van der Waals surface area (Å²) in [5.41, 5.74) is 0.905. The molecule has 0 amide bonds. The lowest BCUT2D eigenvalue weighted by atomic mass is 10.1. The second kappa shape index (κ2) is 8.40. The van der Waals surface area contributed by atoms with E-state index < -0.39 is 5.97 Å². The van der Waals surface area contributed by atoms with E-state index in [1.165, 1.54) is 0 Å². The molecule has 0 saturated carbocycles. The van der Waals surface area contributed by atoms with E-state index in [9.17, 15) is 9.90 Å². The third-order valence-electron chi connectivity index (χ3n) is 2.85. The molecule has 0 aliphatic heterocycles. The van der Waals surface area contributed by atoms with Gasteiger partial charge >= 0.3 is 0 Å². The van der Waals surface area contributed by atoms with Gasteiger partial charge in [0, 0.05) is 5.97 Å². The van der Waals surface area contributed by atoms with Crippen molar-refractivity contribution in [1.82, 2.24) is 0 Å². The molecule has 0 heterocycles. The highest BCUT2D eigenvalue weighted by atomic mass is 16.5. The normalized spacial score (nSPS) is 10.2.